The van der Waals surface area contributed by atoms with Gasteiger partial charge in [-0.2, -0.15) is 0 Å². The van der Waals surface area contributed by atoms with Gasteiger partial charge < -0.3 is 4.74 Å². The van der Waals surface area contributed by atoms with Crippen LogP contribution in [-0.2, 0) is 11.3 Å². The molecule has 0 radical (unpaired) electrons. The van der Waals surface area contributed by atoms with E-state index in [1.165, 1.54) is 12.1 Å². The Balaban J connectivity index is 0.000000250. The summed E-state index contributed by atoms with van der Waals surface area (Å²) in [6.07, 6.45) is 3.50. The number of alkyl halides is 1. The second-order valence-electron chi connectivity index (χ2n) is 3.41. The average Bonchev–Trinajstić information content (AvgIpc) is 2.48. The number of hydrogen-bond donors (Lipinski definition) is 0. The number of rotatable bonds is 4. The summed E-state index contributed by atoms with van der Waals surface area (Å²) in [7, 11) is 0. The van der Waals surface area contributed by atoms with Gasteiger partial charge in [0.2, 0.25) is 0 Å². The Morgan fingerprint density at radius 1 is 1.21 bits per heavy atom. The zero-order valence-electron chi connectivity index (χ0n) is 10.1. The lowest BCUT2D eigenvalue weighted by Crippen LogP contribution is -1.93. The first-order valence-electron chi connectivity index (χ1n) is 5.46. The van der Waals surface area contributed by atoms with E-state index in [9.17, 15) is 10.1 Å². The highest BCUT2D eigenvalue weighted by Gasteiger charge is 2.04. The summed E-state index contributed by atoms with van der Waals surface area (Å²) < 4.78 is 4.90. The molecule has 0 bridgehead atoms. The smallest absolute Gasteiger partial charge is 0.269 e. The van der Waals surface area contributed by atoms with Gasteiger partial charge >= 0.3 is 0 Å². The molecule has 0 aliphatic heterocycles. The Hall–Kier alpha value is -1.98. The van der Waals surface area contributed by atoms with Gasteiger partial charge in [0.1, 0.15) is 6.07 Å². The standard InChI is InChI=1S/C8H8ClNO3.C5H5N/c9-6-13-5-7-2-1-3-8(4-7)10(11)12;1-2-4-6-5-3-1/h1-4H,5-6H2;1-5H. The molecule has 1 aromatic carbocycles. The Labute approximate surface area is 116 Å². The van der Waals surface area contributed by atoms with Crippen LogP contribution >= 0.6 is 11.6 Å². The van der Waals surface area contributed by atoms with Gasteiger partial charge in [-0.1, -0.05) is 29.8 Å². The largest absolute Gasteiger partial charge is 0.361 e. The molecule has 6 heteroatoms. The minimum Gasteiger partial charge on any atom is -0.361 e. The van der Waals surface area contributed by atoms with E-state index >= 15 is 0 Å². The predicted molar refractivity (Wildman–Crippen MR) is 72.8 cm³/mol. The lowest BCUT2D eigenvalue weighted by molar-refractivity contribution is -0.384. The molecule has 100 valence electrons. The normalized spacial score (nSPS) is 9.32. The van der Waals surface area contributed by atoms with Crippen molar-refractivity contribution in [1.29, 1.82) is 0 Å². The first-order chi connectivity index (χ1) is 9.24. The van der Waals surface area contributed by atoms with Crippen molar-refractivity contribution in [2.75, 3.05) is 6.07 Å². The molecular formula is C13H13ClN2O3. The number of non-ortho nitro benzene ring substituents is 1. The molecule has 0 spiro atoms. The fourth-order valence-corrected chi connectivity index (χ4v) is 1.31. The molecule has 5 nitrogen and oxygen atoms in total. The van der Waals surface area contributed by atoms with Gasteiger partial charge in [-0.25, -0.2) is 0 Å². The third-order valence-corrected chi connectivity index (χ3v) is 2.19. The van der Waals surface area contributed by atoms with Crippen molar-refractivity contribution in [1.82, 2.24) is 4.98 Å². The van der Waals surface area contributed by atoms with Gasteiger partial charge in [0.25, 0.3) is 5.69 Å². The van der Waals surface area contributed by atoms with E-state index in [1.807, 2.05) is 18.2 Å². The number of aromatic nitrogens is 1. The first kappa shape index (κ1) is 15.1. The number of nitro groups is 1. The zero-order valence-corrected chi connectivity index (χ0v) is 10.9. The van der Waals surface area contributed by atoms with E-state index in [1.54, 1.807) is 24.5 Å². The molecule has 0 aliphatic rings. The highest BCUT2D eigenvalue weighted by Crippen LogP contribution is 2.13. The number of benzene rings is 1. The van der Waals surface area contributed by atoms with E-state index in [-0.39, 0.29) is 11.8 Å². The number of hydrogen-bond acceptors (Lipinski definition) is 4. The minimum atomic E-state index is -0.440. The van der Waals surface area contributed by atoms with Gasteiger partial charge in [0.05, 0.1) is 11.5 Å². The molecule has 1 heterocycles. The van der Waals surface area contributed by atoms with E-state index in [0.717, 1.165) is 5.56 Å². The van der Waals surface area contributed by atoms with Crippen molar-refractivity contribution in [3.63, 3.8) is 0 Å². The van der Waals surface area contributed by atoms with E-state index in [0.29, 0.717) is 6.61 Å². The maximum Gasteiger partial charge on any atom is 0.269 e. The highest BCUT2D eigenvalue weighted by atomic mass is 35.5. The van der Waals surface area contributed by atoms with E-state index in [2.05, 4.69) is 4.98 Å². The van der Waals surface area contributed by atoms with Crippen LogP contribution < -0.4 is 0 Å². The quantitative estimate of drug-likeness (QED) is 0.489. The van der Waals surface area contributed by atoms with Gasteiger partial charge in [0, 0.05) is 24.5 Å². The average molecular weight is 281 g/mol. The molecule has 0 saturated heterocycles. The molecular weight excluding hydrogens is 268 g/mol. The first-order valence-corrected chi connectivity index (χ1v) is 5.99. The third-order valence-electron chi connectivity index (χ3n) is 2.03. The van der Waals surface area contributed by atoms with Crippen LogP contribution in [0.15, 0.2) is 54.9 Å². The minimum absolute atomic E-state index is 0.0654. The molecule has 0 amide bonds. The number of ether oxygens (including phenoxy) is 1. The number of halogens is 1. The molecule has 0 N–H and O–H groups in total. The van der Waals surface area contributed by atoms with Crippen molar-refractivity contribution >= 4 is 17.3 Å². The lowest BCUT2D eigenvalue weighted by atomic mass is 10.2. The summed E-state index contributed by atoms with van der Waals surface area (Å²) in [5.74, 6) is 0. The second kappa shape index (κ2) is 9.02. The van der Waals surface area contributed by atoms with Gasteiger partial charge in [-0.05, 0) is 17.7 Å². The summed E-state index contributed by atoms with van der Waals surface area (Å²) in [6.45, 7) is 0.297. The van der Waals surface area contributed by atoms with Gasteiger partial charge in [-0.3, -0.25) is 15.1 Å². The maximum atomic E-state index is 10.4. The van der Waals surface area contributed by atoms with E-state index < -0.39 is 4.92 Å². The Morgan fingerprint density at radius 2 is 1.95 bits per heavy atom. The molecule has 1 aromatic heterocycles. The summed E-state index contributed by atoms with van der Waals surface area (Å²) in [5, 5.41) is 10.4. The summed E-state index contributed by atoms with van der Waals surface area (Å²) in [4.78, 5) is 13.7. The molecule has 2 aromatic rings. The van der Waals surface area contributed by atoms with Crippen molar-refractivity contribution in [3.05, 3.63) is 70.5 Å². The Bertz CT molecular complexity index is 468. The van der Waals surface area contributed by atoms with Crippen LogP contribution in [0.1, 0.15) is 5.56 Å². The van der Waals surface area contributed by atoms with Crippen LogP contribution in [-0.4, -0.2) is 16.0 Å². The number of pyridine rings is 1. The summed E-state index contributed by atoms with van der Waals surface area (Å²) >= 11 is 5.30. The van der Waals surface area contributed by atoms with Crippen LogP contribution in [0.3, 0.4) is 0 Å². The third kappa shape index (κ3) is 6.49. The van der Waals surface area contributed by atoms with Gasteiger partial charge in [-0.15, -0.1) is 0 Å². The molecule has 0 atom stereocenters. The second-order valence-corrected chi connectivity index (χ2v) is 3.63. The van der Waals surface area contributed by atoms with Crippen LogP contribution in [0.2, 0.25) is 0 Å². The zero-order chi connectivity index (χ0) is 13.9. The molecule has 19 heavy (non-hydrogen) atoms. The summed E-state index contributed by atoms with van der Waals surface area (Å²) in [6, 6.07) is 12.1. The fourth-order valence-electron chi connectivity index (χ4n) is 1.23. The summed E-state index contributed by atoms with van der Waals surface area (Å²) in [5.41, 5.74) is 0.811. The SMILES string of the molecule is O=[N+]([O-])c1cccc(COCCl)c1.c1ccncc1. The molecule has 0 aliphatic carbocycles. The van der Waals surface area contributed by atoms with Gasteiger partial charge in [0.15, 0.2) is 0 Å². The van der Waals surface area contributed by atoms with Crippen molar-refractivity contribution in [3.8, 4) is 0 Å². The maximum absolute atomic E-state index is 10.4. The number of nitrogens with zero attached hydrogens (tertiary/aromatic N) is 2. The topological polar surface area (TPSA) is 65.3 Å². The predicted octanol–water partition coefficient (Wildman–Crippen LogP) is 3.39. The highest BCUT2D eigenvalue weighted by molar-refractivity contribution is 6.17. The molecule has 2 rings (SSSR count). The molecule has 0 fully saturated rings. The van der Waals surface area contributed by atoms with Crippen molar-refractivity contribution < 1.29 is 9.66 Å². The van der Waals surface area contributed by atoms with Crippen LogP contribution in [0.5, 0.6) is 0 Å². The molecule has 0 unspecified atom stereocenters. The van der Waals surface area contributed by atoms with Crippen molar-refractivity contribution in [2.24, 2.45) is 0 Å². The fraction of sp³-hybridized carbons (Fsp3) is 0.154. The monoisotopic (exact) mass is 280 g/mol. The number of nitro benzene ring substituents is 1. The lowest BCUT2D eigenvalue weighted by Gasteiger charge is -1.99. The molecule has 0 saturated carbocycles. The van der Waals surface area contributed by atoms with E-state index in [4.69, 9.17) is 16.3 Å². The Kier molecular flexibility index (Phi) is 7.16. The van der Waals surface area contributed by atoms with Crippen LogP contribution in [0, 0.1) is 10.1 Å². The Morgan fingerprint density at radius 3 is 2.42 bits per heavy atom. The van der Waals surface area contributed by atoms with Crippen LogP contribution in [0.25, 0.3) is 0 Å². The van der Waals surface area contributed by atoms with Crippen LogP contribution in [0.4, 0.5) is 5.69 Å². The van der Waals surface area contributed by atoms with Crippen molar-refractivity contribution in [2.45, 2.75) is 6.61 Å².